The molecule has 0 amide bonds. The Balaban J connectivity index is 3.21. The fourth-order valence-corrected chi connectivity index (χ4v) is 2.06. The molecule has 0 spiro atoms. The third kappa shape index (κ3) is 3.95. The van der Waals surface area contributed by atoms with Crippen LogP contribution >= 0.6 is 0 Å². The van der Waals surface area contributed by atoms with Crippen LogP contribution in [0.1, 0.15) is 38.0 Å². The van der Waals surface area contributed by atoms with Crippen molar-refractivity contribution in [3.05, 3.63) is 29.3 Å². The molecule has 0 aromatic heterocycles. The molecule has 1 aromatic carbocycles. The molecule has 104 valence electrons. The SMILES string of the molecule is COCCN(c1cc(C#N)ccc1[C@H](C)O)C(C)C. The number of hydrogen-bond acceptors (Lipinski definition) is 4. The first-order valence-corrected chi connectivity index (χ1v) is 6.49. The van der Waals surface area contributed by atoms with Gasteiger partial charge in [-0.05, 0) is 32.9 Å². The lowest BCUT2D eigenvalue weighted by Crippen LogP contribution is -2.34. The minimum Gasteiger partial charge on any atom is -0.389 e. The predicted molar refractivity (Wildman–Crippen MR) is 76.1 cm³/mol. The minimum atomic E-state index is -0.563. The van der Waals surface area contributed by atoms with Crippen molar-refractivity contribution in [3.8, 4) is 6.07 Å². The van der Waals surface area contributed by atoms with Gasteiger partial charge in [0.05, 0.1) is 24.3 Å². The van der Waals surface area contributed by atoms with Gasteiger partial charge in [0.2, 0.25) is 0 Å². The highest BCUT2D eigenvalue weighted by Gasteiger charge is 2.17. The van der Waals surface area contributed by atoms with Gasteiger partial charge in [-0.3, -0.25) is 0 Å². The Morgan fingerprint density at radius 2 is 2.05 bits per heavy atom. The summed E-state index contributed by atoms with van der Waals surface area (Å²) in [5, 5.41) is 18.9. The number of nitriles is 1. The van der Waals surface area contributed by atoms with Crippen molar-refractivity contribution in [2.24, 2.45) is 0 Å². The number of benzene rings is 1. The number of aliphatic hydroxyl groups is 1. The molecule has 0 bridgehead atoms. The molecule has 1 N–H and O–H groups in total. The highest BCUT2D eigenvalue weighted by molar-refractivity contribution is 5.59. The summed E-state index contributed by atoms with van der Waals surface area (Å²) in [5.74, 6) is 0. The number of anilines is 1. The normalized spacial score (nSPS) is 12.3. The van der Waals surface area contributed by atoms with Gasteiger partial charge in [-0.2, -0.15) is 5.26 Å². The number of ether oxygens (including phenoxy) is 1. The first-order valence-electron chi connectivity index (χ1n) is 6.49. The van der Waals surface area contributed by atoms with E-state index in [2.05, 4.69) is 24.8 Å². The van der Waals surface area contributed by atoms with E-state index in [4.69, 9.17) is 10.00 Å². The van der Waals surface area contributed by atoms with E-state index in [1.165, 1.54) is 0 Å². The molecule has 0 heterocycles. The van der Waals surface area contributed by atoms with Gasteiger partial charge in [-0.1, -0.05) is 6.07 Å². The van der Waals surface area contributed by atoms with Gasteiger partial charge in [-0.15, -0.1) is 0 Å². The lowest BCUT2D eigenvalue weighted by molar-refractivity contribution is 0.196. The van der Waals surface area contributed by atoms with Crippen molar-refractivity contribution in [1.82, 2.24) is 0 Å². The zero-order valence-corrected chi connectivity index (χ0v) is 12.1. The number of methoxy groups -OCH3 is 1. The molecule has 0 fully saturated rings. The summed E-state index contributed by atoms with van der Waals surface area (Å²) in [5.41, 5.74) is 2.34. The number of hydrogen-bond donors (Lipinski definition) is 1. The van der Waals surface area contributed by atoms with Gasteiger partial charge in [0.15, 0.2) is 0 Å². The summed E-state index contributed by atoms with van der Waals surface area (Å²) in [6.07, 6.45) is -0.563. The third-order valence-electron chi connectivity index (χ3n) is 3.08. The molecule has 4 heteroatoms. The van der Waals surface area contributed by atoms with Crippen LogP contribution in [0.3, 0.4) is 0 Å². The number of rotatable bonds is 6. The molecular formula is C15H22N2O2. The molecule has 4 nitrogen and oxygen atoms in total. The highest BCUT2D eigenvalue weighted by atomic mass is 16.5. The maximum absolute atomic E-state index is 9.88. The van der Waals surface area contributed by atoms with E-state index < -0.39 is 6.10 Å². The van der Waals surface area contributed by atoms with Crippen LogP contribution in [-0.4, -0.2) is 31.4 Å². The lowest BCUT2D eigenvalue weighted by atomic mass is 10.0. The molecule has 0 radical (unpaired) electrons. The van der Waals surface area contributed by atoms with Crippen molar-refractivity contribution < 1.29 is 9.84 Å². The van der Waals surface area contributed by atoms with Gasteiger partial charge in [0.1, 0.15) is 0 Å². The van der Waals surface area contributed by atoms with Crippen LogP contribution in [0.15, 0.2) is 18.2 Å². The summed E-state index contributed by atoms with van der Waals surface area (Å²) in [6.45, 7) is 7.23. The standard InChI is InChI=1S/C15H22N2O2/c1-11(2)17(7-8-19-4)15-9-13(10-16)5-6-14(15)12(3)18/h5-6,9,11-12,18H,7-8H2,1-4H3/t12-/m0/s1. The Labute approximate surface area is 115 Å². The molecular weight excluding hydrogens is 240 g/mol. The average Bonchev–Trinajstić information content (AvgIpc) is 2.38. The Bertz CT molecular complexity index is 450. The summed E-state index contributed by atoms with van der Waals surface area (Å²) in [6, 6.07) is 7.80. The van der Waals surface area contributed by atoms with Crippen LogP contribution in [0, 0.1) is 11.3 Å². The fourth-order valence-electron chi connectivity index (χ4n) is 2.06. The molecule has 1 atom stereocenters. The lowest BCUT2D eigenvalue weighted by Gasteiger charge is -2.31. The molecule has 1 rings (SSSR count). The summed E-state index contributed by atoms with van der Waals surface area (Å²) >= 11 is 0. The summed E-state index contributed by atoms with van der Waals surface area (Å²) in [7, 11) is 1.67. The van der Waals surface area contributed by atoms with Gasteiger partial charge >= 0.3 is 0 Å². The van der Waals surface area contributed by atoms with Crippen LogP contribution in [0.4, 0.5) is 5.69 Å². The quantitative estimate of drug-likeness (QED) is 0.855. The predicted octanol–water partition coefficient (Wildman–Crippen LogP) is 2.47. The molecule has 0 saturated carbocycles. The van der Waals surface area contributed by atoms with Gasteiger partial charge in [-0.25, -0.2) is 0 Å². The van der Waals surface area contributed by atoms with Crippen LogP contribution in [0.25, 0.3) is 0 Å². The second kappa shape index (κ2) is 7.13. The molecule has 19 heavy (non-hydrogen) atoms. The summed E-state index contributed by atoms with van der Waals surface area (Å²) < 4.78 is 5.13. The van der Waals surface area contributed by atoms with Gasteiger partial charge in [0, 0.05) is 30.9 Å². The highest BCUT2D eigenvalue weighted by Crippen LogP contribution is 2.29. The molecule has 1 aromatic rings. The van der Waals surface area contributed by atoms with E-state index in [-0.39, 0.29) is 6.04 Å². The van der Waals surface area contributed by atoms with Crippen LogP contribution in [-0.2, 0) is 4.74 Å². The monoisotopic (exact) mass is 262 g/mol. The van der Waals surface area contributed by atoms with Crippen molar-refractivity contribution in [2.45, 2.75) is 32.9 Å². The first kappa shape index (κ1) is 15.5. The molecule has 0 saturated heterocycles. The Morgan fingerprint density at radius 3 is 2.53 bits per heavy atom. The molecule has 0 aliphatic carbocycles. The zero-order valence-electron chi connectivity index (χ0n) is 12.1. The van der Waals surface area contributed by atoms with E-state index in [1.807, 2.05) is 12.1 Å². The Kier molecular flexibility index (Phi) is 5.81. The number of aliphatic hydroxyl groups excluding tert-OH is 1. The topological polar surface area (TPSA) is 56.5 Å². The van der Waals surface area contributed by atoms with E-state index in [9.17, 15) is 5.11 Å². The zero-order chi connectivity index (χ0) is 14.4. The third-order valence-corrected chi connectivity index (χ3v) is 3.08. The van der Waals surface area contributed by atoms with Crippen molar-refractivity contribution in [2.75, 3.05) is 25.2 Å². The molecule has 0 aliphatic rings. The van der Waals surface area contributed by atoms with E-state index in [0.717, 1.165) is 17.8 Å². The van der Waals surface area contributed by atoms with Crippen LogP contribution in [0.5, 0.6) is 0 Å². The Morgan fingerprint density at radius 1 is 1.37 bits per heavy atom. The molecule has 0 aliphatic heterocycles. The minimum absolute atomic E-state index is 0.265. The number of nitrogens with zero attached hydrogens (tertiary/aromatic N) is 2. The van der Waals surface area contributed by atoms with Crippen molar-refractivity contribution in [1.29, 1.82) is 5.26 Å². The van der Waals surface area contributed by atoms with Gasteiger partial charge < -0.3 is 14.7 Å². The van der Waals surface area contributed by atoms with Crippen molar-refractivity contribution >= 4 is 5.69 Å². The Hall–Kier alpha value is -1.57. The molecule has 0 unspecified atom stereocenters. The average molecular weight is 262 g/mol. The second-order valence-corrected chi connectivity index (χ2v) is 4.84. The second-order valence-electron chi connectivity index (χ2n) is 4.84. The maximum atomic E-state index is 9.88. The van der Waals surface area contributed by atoms with Crippen LogP contribution < -0.4 is 4.90 Å². The van der Waals surface area contributed by atoms with Crippen LogP contribution in [0.2, 0.25) is 0 Å². The fraction of sp³-hybridized carbons (Fsp3) is 0.533. The van der Waals surface area contributed by atoms with E-state index in [0.29, 0.717) is 12.2 Å². The first-order chi connectivity index (χ1) is 9.01. The van der Waals surface area contributed by atoms with E-state index in [1.54, 1.807) is 20.1 Å². The smallest absolute Gasteiger partial charge is 0.0992 e. The van der Waals surface area contributed by atoms with Gasteiger partial charge in [0.25, 0.3) is 0 Å². The van der Waals surface area contributed by atoms with E-state index >= 15 is 0 Å². The maximum Gasteiger partial charge on any atom is 0.0992 e. The van der Waals surface area contributed by atoms with Crippen molar-refractivity contribution in [3.63, 3.8) is 0 Å². The largest absolute Gasteiger partial charge is 0.389 e. The summed E-state index contributed by atoms with van der Waals surface area (Å²) in [4.78, 5) is 2.15.